The number of benzene rings is 1. The molecule has 0 aliphatic rings. The quantitative estimate of drug-likeness (QED) is 0.634. The SMILES string of the molecule is COc1ccc(Oc2ncccc2NC(=O)NCc2ncn[nH]2)cc1. The molecule has 3 rings (SSSR count). The van der Waals surface area contributed by atoms with Gasteiger partial charge in [-0.25, -0.2) is 14.8 Å². The van der Waals surface area contributed by atoms with Crippen LogP contribution in [0.5, 0.6) is 17.4 Å². The first-order valence-electron chi connectivity index (χ1n) is 7.40. The number of H-pyrrole nitrogens is 1. The van der Waals surface area contributed by atoms with Crippen molar-refractivity contribution >= 4 is 11.7 Å². The Morgan fingerprint density at radius 3 is 2.68 bits per heavy atom. The number of nitrogens with one attached hydrogen (secondary N) is 3. The molecule has 1 aromatic carbocycles. The average Bonchev–Trinajstić information content (AvgIpc) is 3.16. The van der Waals surface area contributed by atoms with Gasteiger partial charge in [0.05, 0.1) is 13.7 Å². The van der Waals surface area contributed by atoms with Crippen molar-refractivity contribution in [1.29, 1.82) is 0 Å². The predicted molar refractivity (Wildman–Crippen MR) is 89.5 cm³/mol. The maximum Gasteiger partial charge on any atom is 0.319 e. The van der Waals surface area contributed by atoms with Gasteiger partial charge >= 0.3 is 6.03 Å². The highest BCUT2D eigenvalue weighted by Crippen LogP contribution is 2.27. The molecule has 9 nitrogen and oxygen atoms in total. The van der Waals surface area contributed by atoms with Gasteiger partial charge in [0.25, 0.3) is 0 Å². The van der Waals surface area contributed by atoms with E-state index in [1.165, 1.54) is 6.33 Å². The number of urea groups is 1. The highest BCUT2D eigenvalue weighted by Gasteiger charge is 2.10. The monoisotopic (exact) mass is 340 g/mol. The van der Waals surface area contributed by atoms with Gasteiger partial charge in [-0.1, -0.05) is 0 Å². The van der Waals surface area contributed by atoms with Gasteiger partial charge in [0, 0.05) is 6.20 Å². The molecule has 0 bridgehead atoms. The molecule has 2 amide bonds. The second-order valence-electron chi connectivity index (χ2n) is 4.87. The molecule has 0 aliphatic carbocycles. The van der Waals surface area contributed by atoms with Crippen LogP contribution in [-0.2, 0) is 6.54 Å². The lowest BCUT2D eigenvalue weighted by atomic mass is 10.3. The normalized spacial score (nSPS) is 10.1. The average molecular weight is 340 g/mol. The van der Waals surface area contributed by atoms with Crippen LogP contribution < -0.4 is 20.1 Å². The van der Waals surface area contributed by atoms with Crippen LogP contribution in [0.15, 0.2) is 48.9 Å². The number of aromatic nitrogens is 4. The summed E-state index contributed by atoms with van der Waals surface area (Å²) in [6, 6.07) is 10.0. The maximum atomic E-state index is 12.0. The van der Waals surface area contributed by atoms with Gasteiger partial charge in [0.1, 0.15) is 29.3 Å². The molecule has 0 fully saturated rings. The number of nitrogens with zero attached hydrogens (tertiary/aromatic N) is 3. The maximum absolute atomic E-state index is 12.0. The van der Waals surface area contributed by atoms with Gasteiger partial charge in [-0.15, -0.1) is 0 Å². The summed E-state index contributed by atoms with van der Waals surface area (Å²) in [5, 5.41) is 11.7. The molecular weight excluding hydrogens is 324 g/mol. The lowest BCUT2D eigenvalue weighted by Crippen LogP contribution is -2.28. The topological polar surface area (TPSA) is 114 Å². The number of rotatable bonds is 6. The van der Waals surface area contributed by atoms with Crippen LogP contribution in [0.25, 0.3) is 0 Å². The number of ether oxygens (including phenoxy) is 2. The number of carbonyl (C=O) groups excluding carboxylic acids is 1. The molecule has 25 heavy (non-hydrogen) atoms. The molecule has 3 aromatic rings. The molecule has 0 unspecified atom stereocenters. The van der Waals surface area contributed by atoms with Gasteiger partial charge in [-0.05, 0) is 36.4 Å². The third kappa shape index (κ3) is 4.44. The summed E-state index contributed by atoms with van der Waals surface area (Å²) >= 11 is 0. The zero-order chi connectivity index (χ0) is 17.5. The Bertz CT molecular complexity index is 820. The zero-order valence-electron chi connectivity index (χ0n) is 13.4. The van der Waals surface area contributed by atoms with Crippen LogP contribution in [0.1, 0.15) is 5.82 Å². The second-order valence-corrected chi connectivity index (χ2v) is 4.87. The molecule has 9 heteroatoms. The fourth-order valence-corrected chi connectivity index (χ4v) is 1.97. The number of amides is 2. The summed E-state index contributed by atoms with van der Waals surface area (Å²) in [5.74, 6) is 2.13. The van der Waals surface area contributed by atoms with Gasteiger partial charge in [-0.3, -0.25) is 5.10 Å². The first kappa shape index (κ1) is 16.2. The number of carbonyl (C=O) groups is 1. The molecular formula is C16H16N6O3. The van der Waals surface area contributed by atoms with Crippen LogP contribution >= 0.6 is 0 Å². The van der Waals surface area contributed by atoms with E-state index in [2.05, 4.69) is 30.8 Å². The van der Waals surface area contributed by atoms with Crippen LogP contribution in [-0.4, -0.2) is 33.3 Å². The molecule has 0 aliphatic heterocycles. The van der Waals surface area contributed by atoms with Gasteiger partial charge in [0.15, 0.2) is 0 Å². The Labute approximate surface area is 143 Å². The van der Waals surface area contributed by atoms with Crippen molar-refractivity contribution in [1.82, 2.24) is 25.5 Å². The molecule has 2 heterocycles. The Hall–Kier alpha value is -3.62. The summed E-state index contributed by atoms with van der Waals surface area (Å²) in [6.07, 6.45) is 2.95. The first-order chi connectivity index (χ1) is 12.2. The number of aromatic amines is 1. The summed E-state index contributed by atoms with van der Waals surface area (Å²) in [6.45, 7) is 0.223. The third-order valence-electron chi connectivity index (χ3n) is 3.17. The highest BCUT2D eigenvalue weighted by molar-refractivity contribution is 5.90. The highest BCUT2D eigenvalue weighted by atomic mass is 16.5. The van der Waals surface area contributed by atoms with Gasteiger partial charge < -0.3 is 20.1 Å². The molecule has 0 radical (unpaired) electrons. The van der Waals surface area contributed by atoms with E-state index in [-0.39, 0.29) is 12.4 Å². The number of hydrogen-bond donors (Lipinski definition) is 3. The third-order valence-corrected chi connectivity index (χ3v) is 3.17. The van der Waals surface area contributed by atoms with E-state index in [1.54, 1.807) is 49.7 Å². The lowest BCUT2D eigenvalue weighted by molar-refractivity contribution is 0.251. The fraction of sp³-hybridized carbons (Fsp3) is 0.125. The number of hydrogen-bond acceptors (Lipinski definition) is 6. The van der Waals surface area contributed by atoms with E-state index in [9.17, 15) is 4.79 Å². The minimum atomic E-state index is -0.413. The number of methoxy groups -OCH3 is 1. The minimum Gasteiger partial charge on any atom is -0.497 e. The molecule has 0 atom stereocenters. The van der Waals surface area contributed by atoms with Crippen molar-refractivity contribution in [2.75, 3.05) is 12.4 Å². The second kappa shape index (κ2) is 7.77. The predicted octanol–water partition coefficient (Wildman–Crippen LogP) is 2.32. The van der Waals surface area contributed by atoms with Crippen LogP contribution in [0.4, 0.5) is 10.5 Å². The van der Waals surface area contributed by atoms with Crippen LogP contribution in [0.2, 0.25) is 0 Å². The molecule has 0 spiro atoms. The van der Waals surface area contributed by atoms with Crippen molar-refractivity contribution in [2.24, 2.45) is 0 Å². The Balaban J connectivity index is 1.64. The largest absolute Gasteiger partial charge is 0.497 e. The summed E-state index contributed by atoms with van der Waals surface area (Å²) in [5.41, 5.74) is 0.438. The van der Waals surface area contributed by atoms with Crippen molar-refractivity contribution in [3.8, 4) is 17.4 Å². The van der Waals surface area contributed by atoms with E-state index in [0.29, 0.717) is 17.3 Å². The van der Waals surface area contributed by atoms with Crippen LogP contribution in [0.3, 0.4) is 0 Å². The molecule has 0 saturated heterocycles. The summed E-state index contributed by atoms with van der Waals surface area (Å²) in [4.78, 5) is 20.1. The minimum absolute atomic E-state index is 0.223. The van der Waals surface area contributed by atoms with Crippen LogP contribution in [0, 0.1) is 0 Å². The Kier molecular flexibility index (Phi) is 5.05. The number of anilines is 1. The van der Waals surface area contributed by atoms with E-state index in [4.69, 9.17) is 9.47 Å². The molecule has 2 aromatic heterocycles. The van der Waals surface area contributed by atoms with E-state index in [1.807, 2.05) is 0 Å². The van der Waals surface area contributed by atoms with Crippen molar-refractivity contribution in [3.05, 3.63) is 54.7 Å². The smallest absolute Gasteiger partial charge is 0.319 e. The molecule has 0 saturated carbocycles. The fourth-order valence-electron chi connectivity index (χ4n) is 1.97. The standard InChI is InChI=1S/C16H16N6O3/c1-24-11-4-6-12(7-5-11)25-15-13(3-2-8-17-15)21-16(23)18-9-14-19-10-20-22-14/h2-8,10H,9H2,1H3,(H2,18,21,23)(H,19,20,22). The van der Waals surface area contributed by atoms with Crippen molar-refractivity contribution in [2.45, 2.75) is 6.54 Å². The molecule has 128 valence electrons. The number of pyridine rings is 1. The first-order valence-corrected chi connectivity index (χ1v) is 7.40. The summed E-state index contributed by atoms with van der Waals surface area (Å²) < 4.78 is 10.8. The van der Waals surface area contributed by atoms with Gasteiger partial charge in [-0.2, -0.15) is 5.10 Å². The van der Waals surface area contributed by atoms with E-state index in [0.717, 1.165) is 5.75 Å². The summed E-state index contributed by atoms with van der Waals surface area (Å²) in [7, 11) is 1.59. The Morgan fingerprint density at radius 1 is 1.16 bits per heavy atom. The molecule has 3 N–H and O–H groups in total. The Morgan fingerprint density at radius 2 is 1.96 bits per heavy atom. The van der Waals surface area contributed by atoms with Crippen molar-refractivity contribution in [3.63, 3.8) is 0 Å². The zero-order valence-corrected chi connectivity index (χ0v) is 13.4. The lowest BCUT2D eigenvalue weighted by Gasteiger charge is -2.11. The van der Waals surface area contributed by atoms with Crippen molar-refractivity contribution < 1.29 is 14.3 Å². The van der Waals surface area contributed by atoms with E-state index < -0.39 is 6.03 Å². The van der Waals surface area contributed by atoms with Gasteiger partial charge in [0.2, 0.25) is 5.88 Å². The van der Waals surface area contributed by atoms with E-state index >= 15 is 0 Å².